The van der Waals surface area contributed by atoms with Gasteiger partial charge in [-0.05, 0) is 12.5 Å². The summed E-state index contributed by atoms with van der Waals surface area (Å²) in [6, 6.07) is 9.83. The molecule has 3 nitrogen and oxygen atoms in total. The molecule has 128 valence electrons. The molecule has 1 aromatic rings. The normalized spacial score (nSPS) is 12.7. The van der Waals surface area contributed by atoms with Gasteiger partial charge in [-0.2, -0.15) is 13.2 Å². The summed E-state index contributed by atoms with van der Waals surface area (Å²) in [6.07, 6.45) is -6.27. The zero-order valence-corrected chi connectivity index (χ0v) is 14.6. The second-order valence-electron chi connectivity index (χ2n) is 4.21. The average molecular weight is 384 g/mol. The first kappa shape index (κ1) is 20.3. The predicted molar refractivity (Wildman–Crippen MR) is 90.4 cm³/mol. The van der Waals surface area contributed by atoms with E-state index >= 15 is 0 Å². The van der Waals surface area contributed by atoms with Crippen LogP contribution in [0.4, 0.5) is 13.2 Å². The van der Waals surface area contributed by atoms with Crippen molar-refractivity contribution in [1.82, 2.24) is 0 Å². The molecule has 0 aliphatic carbocycles. The van der Waals surface area contributed by atoms with Gasteiger partial charge >= 0.3 is 12.1 Å². The summed E-state index contributed by atoms with van der Waals surface area (Å²) < 4.78 is 45.7. The van der Waals surface area contributed by atoms with Gasteiger partial charge in [0.25, 0.3) is 0 Å². The van der Waals surface area contributed by atoms with Crippen molar-refractivity contribution >= 4 is 45.2 Å². The zero-order chi connectivity index (χ0) is 17.3. The molecule has 1 rings (SSSR count). The summed E-state index contributed by atoms with van der Waals surface area (Å²) in [5.41, 5.74) is 1.16. The van der Waals surface area contributed by atoms with Crippen LogP contribution in [0, 0.1) is 0 Å². The fourth-order valence-corrected chi connectivity index (χ4v) is 3.36. The first-order valence-electron chi connectivity index (χ1n) is 6.52. The van der Waals surface area contributed by atoms with E-state index in [0.29, 0.717) is 5.75 Å². The molecule has 0 fully saturated rings. The Morgan fingerprint density at radius 3 is 2.52 bits per heavy atom. The third kappa shape index (κ3) is 9.19. The van der Waals surface area contributed by atoms with E-state index in [-0.39, 0.29) is 6.61 Å². The number of hydrogen-bond acceptors (Lipinski definition) is 6. The summed E-state index contributed by atoms with van der Waals surface area (Å²) in [4.78, 5) is 10.6. The Bertz CT molecular complexity index is 509. The molecule has 0 amide bonds. The lowest BCUT2D eigenvalue weighted by molar-refractivity contribution is -0.222. The Morgan fingerprint density at radius 2 is 1.91 bits per heavy atom. The minimum Gasteiger partial charge on any atom is -0.429 e. The molecule has 0 spiro atoms. The Morgan fingerprint density at radius 1 is 1.26 bits per heavy atom. The minimum atomic E-state index is -5.01. The number of carbonyl (C=O) groups excluding carboxylic acids is 1. The molecule has 0 aliphatic rings. The van der Waals surface area contributed by atoms with E-state index in [4.69, 9.17) is 17.0 Å². The summed E-state index contributed by atoms with van der Waals surface area (Å²) in [5, 5.41) is 0. The minimum absolute atomic E-state index is 0.128. The van der Waals surface area contributed by atoms with E-state index in [1.54, 1.807) is 0 Å². The molecule has 1 unspecified atom stereocenters. The first-order valence-corrected chi connectivity index (χ1v) is 8.90. The van der Waals surface area contributed by atoms with Gasteiger partial charge in [0.1, 0.15) is 3.53 Å². The number of hydrogen-bond donors (Lipinski definition) is 0. The van der Waals surface area contributed by atoms with Gasteiger partial charge in [-0.3, -0.25) is 0 Å². The molecule has 0 radical (unpaired) electrons. The summed E-state index contributed by atoms with van der Waals surface area (Å²) in [5.74, 6) is -1.03. The third-order valence-corrected chi connectivity index (χ3v) is 5.09. The number of thioether (sulfide) groups is 2. The quantitative estimate of drug-likeness (QED) is 0.300. The van der Waals surface area contributed by atoms with E-state index < -0.39 is 18.4 Å². The van der Waals surface area contributed by atoms with Crippen LogP contribution in [0.25, 0.3) is 0 Å². The second kappa shape index (κ2) is 10.2. The van der Waals surface area contributed by atoms with Crippen LogP contribution in [0.2, 0.25) is 0 Å². The van der Waals surface area contributed by atoms with Crippen molar-refractivity contribution in [2.75, 3.05) is 12.4 Å². The molecular weight excluding hydrogens is 369 g/mol. The third-order valence-electron chi connectivity index (χ3n) is 2.36. The van der Waals surface area contributed by atoms with Gasteiger partial charge in [-0.25, -0.2) is 4.79 Å². The van der Waals surface area contributed by atoms with E-state index in [1.165, 1.54) is 30.4 Å². The maximum absolute atomic E-state index is 12.0. The van der Waals surface area contributed by atoms with Crippen LogP contribution in [0.5, 0.6) is 0 Å². The van der Waals surface area contributed by atoms with Crippen molar-refractivity contribution in [2.45, 2.75) is 25.1 Å². The Labute approximate surface area is 146 Å². The lowest BCUT2D eigenvalue weighted by Crippen LogP contribution is -2.30. The highest BCUT2D eigenvalue weighted by Gasteiger charge is 2.41. The molecule has 1 atom stereocenters. The van der Waals surface area contributed by atoms with Crippen LogP contribution in [0.1, 0.15) is 12.5 Å². The van der Waals surface area contributed by atoms with Gasteiger partial charge in [0.15, 0.2) is 0 Å². The Kier molecular flexibility index (Phi) is 8.96. The molecule has 9 heteroatoms. The second-order valence-corrected chi connectivity index (χ2v) is 7.49. The zero-order valence-electron chi connectivity index (χ0n) is 12.2. The van der Waals surface area contributed by atoms with E-state index in [0.717, 1.165) is 14.8 Å². The monoisotopic (exact) mass is 384 g/mol. The molecule has 0 bridgehead atoms. The highest BCUT2D eigenvalue weighted by atomic mass is 32.2. The van der Waals surface area contributed by atoms with Crippen LogP contribution in [-0.2, 0) is 20.0 Å². The molecule has 0 saturated heterocycles. The van der Waals surface area contributed by atoms with Gasteiger partial charge in [0.2, 0.25) is 6.29 Å². The van der Waals surface area contributed by atoms with Gasteiger partial charge in [0, 0.05) is 11.5 Å². The standard InChI is InChI=1S/C14H15F3O3S3/c1-10(20-12(18)14(15,16)17)19-7-8-22-13(21)23-9-11-5-3-2-4-6-11/h2-6,10H,7-9H2,1H3. The van der Waals surface area contributed by atoms with Crippen molar-refractivity contribution in [3.8, 4) is 0 Å². The van der Waals surface area contributed by atoms with Crippen LogP contribution in [0.15, 0.2) is 30.3 Å². The van der Waals surface area contributed by atoms with Crippen LogP contribution < -0.4 is 0 Å². The number of carbonyl (C=O) groups is 1. The largest absolute Gasteiger partial charge is 0.491 e. The maximum Gasteiger partial charge on any atom is 0.491 e. The van der Waals surface area contributed by atoms with Crippen molar-refractivity contribution < 1.29 is 27.4 Å². The molecule has 23 heavy (non-hydrogen) atoms. The van der Waals surface area contributed by atoms with Crippen LogP contribution in [-0.4, -0.2) is 34.3 Å². The lowest BCUT2D eigenvalue weighted by Gasteiger charge is -2.15. The van der Waals surface area contributed by atoms with Crippen molar-refractivity contribution in [1.29, 1.82) is 0 Å². The molecule has 0 N–H and O–H groups in total. The molecule has 0 heterocycles. The molecular formula is C14H15F3O3S3. The van der Waals surface area contributed by atoms with Gasteiger partial charge in [-0.15, -0.1) is 23.5 Å². The van der Waals surface area contributed by atoms with E-state index in [1.807, 2.05) is 30.3 Å². The number of benzene rings is 1. The highest BCUT2D eigenvalue weighted by Crippen LogP contribution is 2.22. The number of thiocarbonyl (C=S) groups is 1. The molecule has 1 aromatic carbocycles. The number of alkyl halides is 3. The van der Waals surface area contributed by atoms with Gasteiger partial charge < -0.3 is 9.47 Å². The highest BCUT2D eigenvalue weighted by molar-refractivity contribution is 8.46. The fourth-order valence-electron chi connectivity index (χ4n) is 1.35. The smallest absolute Gasteiger partial charge is 0.429 e. The maximum atomic E-state index is 12.0. The van der Waals surface area contributed by atoms with Gasteiger partial charge in [0.05, 0.1) is 6.61 Å². The summed E-state index contributed by atoms with van der Waals surface area (Å²) in [7, 11) is 0. The van der Waals surface area contributed by atoms with Crippen LogP contribution in [0.3, 0.4) is 0 Å². The van der Waals surface area contributed by atoms with E-state index in [9.17, 15) is 18.0 Å². The Balaban J connectivity index is 2.12. The molecule has 0 aromatic heterocycles. The van der Waals surface area contributed by atoms with Crippen LogP contribution >= 0.6 is 35.7 Å². The predicted octanol–water partition coefficient (Wildman–Crippen LogP) is 4.41. The fraction of sp³-hybridized carbons (Fsp3) is 0.429. The topological polar surface area (TPSA) is 35.5 Å². The van der Waals surface area contributed by atoms with Crippen molar-refractivity contribution in [2.24, 2.45) is 0 Å². The number of halogens is 3. The lowest BCUT2D eigenvalue weighted by atomic mass is 10.2. The van der Waals surface area contributed by atoms with Gasteiger partial charge in [-0.1, -0.05) is 42.5 Å². The summed E-state index contributed by atoms with van der Waals surface area (Å²) >= 11 is 8.06. The molecule has 0 saturated carbocycles. The Hall–Kier alpha value is -0.770. The molecule has 0 aliphatic heterocycles. The number of rotatable bonds is 7. The SMILES string of the molecule is CC(OCCSC(=S)SCc1ccccc1)OC(=O)C(F)(F)F. The van der Waals surface area contributed by atoms with Crippen molar-refractivity contribution in [3.63, 3.8) is 0 Å². The van der Waals surface area contributed by atoms with Crippen molar-refractivity contribution in [3.05, 3.63) is 35.9 Å². The number of ether oxygens (including phenoxy) is 2. The first-order chi connectivity index (χ1) is 10.8. The van der Waals surface area contributed by atoms with E-state index in [2.05, 4.69) is 4.74 Å². The summed E-state index contributed by atoms with van der Waals surface area (Å²) in [6.45, 7) is 1.36. The number of esters is 1. The average Bonchev–Trinajstić information content (AvgIpc) is 2.49.